The largest absolute Gasteiger partial charge is 0.495 e. The van der Waals surface area contributed by atoms with Crippen molar-refractivity contribution in [2.24, 2.45) is 0 Å². The van der Waals surface area contributed by atoms with E-state index in [1.165, 1.54) is 32.2 Å². The van der Waals surface area contributed by atoms with E-state index >= 15 is 0 Å². The van der Waals surface area contributed by atoms with Crippen LogP contribution in [-0.2, 0) is 0 Å². The predicted octanol–water partition coefficient (Wildman–Crippen LogP) is 0.609. The first-order valence-electron chi connectivity index (χ1n) is 5.93. The number of nitrogens with zero attached hydrogens (tertiary/aromatic N) is 2. The van der Waals surface area contributed by atoms with Crippen LogP contribution in [0.3, 0.4) is 0 Å². The maximum atomic E-state index is 12.3. The molecule has 0 atom stereocenters. The van der Waals surface area contributed by atoms with Gasteiger partial charge in [-0.3, -0.25) is 9.59 Å². The lowest BCUT2D eigenvalue weighted by Gasteiger charge is -2.10. The molecule has 0 aliphatic rings. The van der Waals surface area contributed by atoms with Crippen molar-refractivity contribution in [3.8, 4) is 17.5 Å². The number of nitriles is 1. The highest BCUT2D eigenvalue weighted by Gasteiger charge is 2.15. The maximum Gasteiger partial charge on any atom is 0.333 e. The third-order valence-electron chi connectivity index (χ3n) is 2.91. The van der Waals surface area contributed by atoms with Gasteiger partial charge in [0.1, 0.15) is 5.75 Å². The zero-order valence-corrected chi connectivity index (χ0v) is 11.3. The summed E-state index contributed by atoms with van der Waals surface area (Å²) >= 11 is 0. The van der Waals surface area contributed by atoms with Gasteiger partial charge in [-0.2, -0.15) is 5.26 Å². The zero-order valence-electron chi connectivity index (χ0n) is 11.3. The standard InChI is InChI=1S/C14H11N3O4/c1-8(18)10-7-16-14(20)17(13(10)19)11-4-3-9(6-15)5-12(11)21-2/h3-5,7H,1-2H3,(H,16,20). The summed E-state index contributed by atoms with van der Waals surface area (Å²) in [6.45, 7) is 1.23. The quantitative estimate of drug-likeness (QED) is 0.832. The second-order valence-corrected chi connectivity index (χ2v) is 4.20. The minimum absolute atomic E-state index is 0.138. The monoisotopic (exact) mass is 285 g/mol. The fourth-order valence-corrected chi connectivity index (χ4v) is 1.88. The van der Waals surface area contributed by atoms with Crippen molar-refractivity contribution in [3.63, 3.8) is 0 Å². The van der Waals surface area contributed by atoms with E-state index in [0.29, 0.717) is 5.56 Å². The Labute approximate surface area is 119 Å². The smallest absolute Gasteiger partial charge is 0.333 e. The summed E-state index contributed by atoms with van der Waals surface area (Å²) in [6.07, 6.45) is 1.08. The van der Waals surface area contributed by atoms with Gasteiger partial charge in [-0.15, -0.1) is 0 Å². The average molecular weight is 285 g/mol. The van der Waals surface area contributed by atoms with E-state index in [1.54, 1.807) is 0 Å². The Morgan fingerprint density at radius 2 is 2.10 bits per heavy atom. The number of H-pyrrole nitrogens is 1. The van der Waals surface area contributed by atoms with E-state index in [9.17, 15) is 14.4 Å². The molecule has 0 amide bonds. The second-order valence-electron chi connectivity index (χ2n) is 4.20. The van der Waals surface area contributed by atoms with Crippen molar-refractivity contribution in [3.05, 3.63) is 56.4 Å². The van der Waals surface area contributed by atoms with Crippen molar-refractivity contribution < 1.29 is 9.53 Å². The van der Waals surface area contributed by atoms with Gasteiger partial charge < -0.3 is 9.72 Å². The van der Waals surface area contributed by atoms with Gasteiger partial charge >= 0.3 is 5.69 Å². The molecular weight excluding hydrogens is 274 g/mol. The minimum Gasteiger partial charge on any atom is -0.495 e. The summed E-state index contributed by atoms with van der Waals surface area (Å²) < 4.78 is 5.91. The molecule has 106 valence electrons. The number of ketones is 1. The molecule has 1 N–H and O–H groups in total. The number of methoxy groups -OCH3 is 1. The van der Waals surface area contributed by atoms with Crippen LogP contribution >= 0.6 is 0 Å². The van der Waals surface area contributed by atoms with Gasteiger partial charge in [0.15, 0.2) is 5.78 Å². The molecule has 0 unspecified atom stereocenters. The number of nitrogens with one attached hydrogen (secondary N) is 1. The molecule has 0 aliphatic heterocycles. The Hall–Kier alpha value is -3.14. The highest BCUT2D eigenvalue weighted by molar-refractivity contribution is 5.93. The molecule has 2 aromatic rings. The number of aromatic nitrogens is 2. The number of benzene rings is 1. The van der Waals surface area contributed by atoms with Crippen molar-refractivity contribution >= 4 is 5.78 Å². The number of rotatable bonds is 3. The van der Waals surface area contributed by atoms with E-state index < -0.39 is 17.0 Å². The number of ether oxygens (including phenoxy) is 1. The number of Topliss-reactive ketones (excluding diaryl/α,β-unsaturated/α-hetero) is 1. The summed E-state index contributed by atoms with van der Waals surface area (Å²) in [6, 6.07) is 6.20. The Bertz CT molecular complexity index is 871. The van der Waals surface area contributed by atoms with E-state index in [4.69, 9.17) is 10.00 Å². The van der Waals surface area contributed by atoms with E-state index in [-0.39, 0.29) is 17.0 Å². The van der Waals surface area contributed by atoms with Crippen LogP contribution in [0.25, 0.3) is 5.69 Å². The molecule has 1 aromatic carbocycles. The van der Waals surface area contributed by atoms with Crippen LogP contribution in [0.1, 0.15) is 22.8 Å². The summed E-state index contributed by atoms with van der Waals surface area (Å²) in [5, 5.41) is 8.86. The topological polar surface area (TPSA) is 105 Å². The number of hydrogen-bond acceptors (Lipinski definition) is 5. The number of aromatic amines is 1. The van der Waals surface area contributed by atoms with Gasteiger partial charge in [0.2, 0.25) is 0 Å². The van der Waals surface area contributed by atoms with Gasteiger partial charge in [-0.05, 0) is 19.1 Å². The third kappa shape index (κ3) is 2.47. The van der Waals surface area contributed by atoms with Gasteiger partial charge in [-0.1, -0.05) is 0 Å². The van der Waals surface area contributed by atoms with Gasteiger partial charge in [-0.25, -0.2) is 9.36 Å². The van der Waals surface area contributed by atoms with Crippen LogP contribution in [0.2, 0.25) is 0 Å². The van der Waals surface area contributed by atoms with Crippen molar-refractivity contribution in [1.82, 2.24) is 9.55 Å². The highest BCUT2D eigenvalue weighted by Crippen LogP contribution is 2.21. The highest BCUT2D eigenvalue weighted by atomic mass is 16.5. The van der Waals surface area contributed by atoms with Crippen LogP contribution in [0.15, 0.2) is 34.0 Å². The molecule has 0 saturated heterocycles. The van der Waals surface area contributed by atoms with Crippen LogP contribution < -0.4 is 16.0 Å². The molecule has 1 heterocycles. The first kappa shape index (κ1) is 14.3. The predicted molar refractivity (Wildman–Crippen MR) is 73.9 cm³/mol. The van der Waals surface area contributed by atoms with Crippen molar-refractivity contribution in [2.75, 3.05) is 7.11 Å². The molecule has 0 saturated carbocycles. The third-order valence-corrected chi connectivity index (χ3v) is 2.91. The molecule has 0 radical (unpaired) electrons. The lowest BCUT2D eigenvalue weighted by Crippen LogP contribution is -2.36. The molecular formula is C14H11N3O4. The lowest BCUT2D eigenvalue weighted by molar-refractivity contribution is 0.101. The van der Waals surface area contributed by atoms with Crippen molar-refractivity contribution in [1.29, 1.82) is 5.26 Å². The van der Waals surface area contributed by atoms with Crippen LogP contribution in [0.4, 0.5) is 0 Å². The molecule has 0 aliphatic carbocycles. The number of hydrogen-bond donors (Lipinski definition) is 1. The summed E-state index contributed by atoms with van der Waals surface area (Å²) in [5.41, 5.74) is -1.10. The first-order valence-corrected chi connectivity index (χ1v) is 5.93. The summed E-state index contributed by atoms with van der Waals surface area (Å²) in [7, 11) is 1.36. The van der Waals surface area contributed by atoms with Crippen LogP contribution in [-0.4, -0.2) is 22.4 Å². The summed E-state index contributed by atoms with van der Waals surface area (Å²) in [4.78, 5) is 37.9. The molecule has 0 bridgehead atoms. The molecule has 21 heavy (non-hydrogen) atoms. The molecule has 2 rings (SSSR count). The molecule has 7 heteroatoms. The Balaban J connectivity index is 2.82. The Morgan fingerprint density at radius 3 is 2.67 bits per heavy atom. The average Bonchev–Trinajstić information content (AvgIpc) is 2.47. The second kappa shape index (κ2) is 5.46. The Morgan fingerprint density at radius 1 is 1.38 bits per heavy atom. The fourth-order valence-electron chi connectivity index (χ4n) is 1.88. The lowest BCUT2D eigenvalue weighted by atomic mass is 10.2. The molecule has 0 fully saturated rings. The van der Waals surface area contributed by atoms with Crippen molar-refractivity contribution in [2.45, 2.75) is 6.92 Å². The van der Waals surface area contributed by atoms with Gasteiger partial charge in [0.25, 0.3) is 5.56 Å². The van der Waals surface area contributed by atoms with E-state index in [2.05, 4.69) is 4.98 Å². The van der Waals surface area contributed by atoms with Gasteiger partial charge in [0.05, 0.1) is 30.0 Å². The number of carbonyl (C=O) groups is 1. The minimum atomic E-state index is -0.741. The van der Waals surface area contributed by atoms with Crippen LogP contribution in [0, 0.1) is 11.3 Å². The Kier molecular flexibility index (Phi) is 3.71. The zero-order chi connectivity index (χ0) is 15.6. The summed E-state index contributed by atoms with van der Waals surface area (Å²) in [5.74, 6) is -0.278. The van der Waals surface area contributed by atoms with E-state index in [0.717, 1.165) is 10.8 Å². The maximum absolute atomic E-state index is 12.3. The normalized spacial score (nSPS) is 9.95. The van der Waals surface area contributed by atoms with E-state index in [1.807, 2.05) is 6.07 Å². The van der Waals surface area contributed by atoms with Gasteiger partial charge in [0, 0.05) is 12.3 Å². The number of carbonyl (C=O) groups excluding carboxylic acids is 1. The molecule has 1 aromatic heterocycles. The molecule has 7 nitrogen and oxygen atoms in total. The fraction of sp³-hybridized carbons (Fsp3) is 0.143. The SMILES string of the molecule is COc1cc(C#N)ccc1-n1c(=O)[nH]cc(C(C)=O)c1=O. The van der Waals surface area contributed by atoms with Crippen LogP contribution in [0.5, 0.6) is 5.75 Å². The molecule has 0 spiro atoms. The first-order chi connectivity index (χ1) is 9.99.